The van der Waals surface area contributed by atoms with E-state index < -0.39 is 17.6 Å². The van der Waals surface area contributed by atoms with Gasteiger partial charge >= 0.3 is 12.0 Å². The normalized spacial score (nSPS) is 13.7. The van der Waals surface area contributed by atoms with Crippen molar-refractivity contribution < 1.29 is 24.5 Å². The third-order valence-electron chi connectivity index (χ3n) is 2.36. The Hall–Kier alpha value is -1.34. The smallest absolute Gasteiger partial charge is 0.337 e. The van der Waals surface area contributed by atoms with Crippen molar-refractivity contribution in [3.63, 3.8) is 0 Å². The molecule has 18 heavy (non-hydrogen) atoms. The second-order valence-electron chi connectivity index (χ2n) is 4.24. The number of rotatable bonds is 9. The van der Waals surface area contributed by atoms with Crippen molar-refractivity contribution in [2.75, 3.05) is 26.8 Å². The van der Waals surface area contributed by atoms with E-state index >= 15 is 0 Å². The lowest BCUT2D eigenvalue weighted by Crippen LogP contribution is -2.49. The number of ether oxygens (including phenoxy) is 1. The first kappa shape index (κ1) is 16.7. The molecule has 7 heteroatoms. The van der Waals surface area contributed by atoms with Crippen molar-refractivity contribution in [3.8, 4) is 0 Å². The predicted molar refractivity (Wildman–Crippen MR) is 65.4 cm³/mol. The minimum Gasteiger partial charge on any atom is -0.479 e. The van der Waals surface area contributed by atoms with Gasteiger partial charge in [-0.05, 0) is 26.2 Å². The van der Waals surface area contributed by atoms with Gasteiger partial charge in [-0.3, -0.25) is 0 Å². The maximum Gasteiger partial charge on any atom is 0.337 e. The summed E-state index contributed by atoms with van der Waals surface area (Å²) in [5.74, 6) is -1.37. The van der Waals surface area contributed by atoms with Crippen molar-refractivity contribution in [2.24, 2.45) is 0 Å². The Balaban J connectivity index is 3.58. The van der Waals surface area contributed by atoms with Crippen molar-refractivity contribution in [2.45, 2.75) is 31.8 Å². The van der Waals surface area contributed by atoms with Crippen LogP contribution < -0.4 is 10.6 Å². The summed E-state index contributed by atoms with van der Waals surface area (Å²) in [5.41, 5.74) is -1.95. The molecule has 1 unspecified atom stereocenters. The summed E-state index contributed by atoms with van der Waals surface area (Å²) < 4.78 is 4.88. The topological polar surface area (TPSA) is 108 Å². The van der Waals surface area contributed by atoms with Gasteiger partial charge in [-0.15, -0.1) is 0 Å². The third kappa shape index (κ3) is 7.86. The minimum absolute atomic E-state index is 0.335. The van der Waals surface area contributed by atoms with Gasteiger partial charge in [-0.1, -0.05) is 0 Å². The SMILES string of the molecule is COCCCCCNC(=O)NCC(C)(O)C(=O)O. The molecule has 0 aromatic rings. The molecule has 0 aliphatic carbocycles. The molecule has 0 aliphatic heterocycles. The summed E-state index contributed by atoms with van der Waals surface area (Å²) in [6, 6.07) is -0.483. The molecule has 0 aliphatic rings. The second-order valence-corrected chi connectivity index (χ2v) is 4.24. The largest absolute Gasteiger partial charge is 0.479 e. The number of aliphatic hydroxyl groups is 1. The van der Waals surface area contributed by atoms with Crippen LogP contribution in [0.3, 0.4) is 0 Å². The van der Waals surface area contributed by atoms with E-state index in [2.05, 4.69) is 10.6 Å². The van der Waals surface area contributed by atoms with Crippen LogP contribution in [0.1, 0.15) is 26.2 Å². The summed E-state index contributed by atoms with van der Waals surface area (Å²) in [5, 5.41) is 22.8. The average Bonchev–Trinajstić information content (AvgIpc) is 2.31. The van der Waals surface area contributed by atoms with E-state index in [0.717, 1.165) is 26.2 Å². The maximum absolute atomic E-state index is 11.3. The van der Waals surface area contributed by atoms with Crippen molar-refractivity contribution in [3.05, 3.63) is 0 Å². The molecule has 0 rings (SSSR count). The summed E-state index contributed by atoms with van der Waals surface area (Å²) in [6.45, 7) is 2.00. The number of urea groups is 1. The first-order valence-electron chi connectivity index (χ1n) is 5.86. The first-order valence-corrected chi connectivity index (χ1v) is 5.86. The minimum atomic E-state index is -1.95. The molecule has 106 valence electrons. The number of carboxylic acids is 1. The van der Waals surface area contributed by atoms with E-state index in [4.69, 9.17) is 9.84 Å². The number of methoxy groups -OCH3 is 1. The number of nitrogens with one attached hydrogen (secondary N) is 2. The maximum atomic E-state index is 11.3. The third-order valence-corrected chi connectivity index (χ3v) is 2.36. The van der Waals surface area contributed by atoms with Crippen LogP contribution in [0, 0.1) is 0 Å². The van der Waals surface area contributed by atoms with Gasteiger partial charge in [0.15, 0.2) is 5.60 Å². The van der Waals surface area contributed by atoms with Gasteiger partial charge in [0.25, 0.3) is 0 Å². The van der Waals surface area contributed by atoms with Crippen LogP contribution in [0.25, 0.3) is 0 Å². The predicted octanol–water partition coefficient (Wildman–Crippen LogP) is -0.0621. The van der Waals surface area contributed by atoms with Gasteiger partial charge in [-0.25, -0.2) is 9.59 Å². The second kappa shape index (κ2) is 8.71. The van der Waals surface area contributed by atoms with Crippen molar-refractivity contribution in [1.29, 1.82) is 0 Å². The number of carbonyl (C=O) groups is 2. The number of amides is 2. The van der Waals surface area contributed by atoms with E-state index in [9.17, 15) is 14.7 Å². The van der Waals surface area contributed by atoms with Crippen molar-refractivity contribution in [1.82, 2.24) is 10.6 Å². The first-order chi connectivity index (χ1) is 8.40. The highest BCUT2D eigenvalue weighted by molar-refractivity contribution is 5.79. The molecular weight excluding hydrogens is 240 g/mol. The molecule has 0 aromatic carbocycles. The van der Waals surface area contributed by atoms with Gasteiger partial charge in [0.1, 0.15) is 0 Å². The van der Waals surface area contributed by atoms with Crippen LogP contribution in [0.15, 0.2) is 0 Å². The highest BCUT2D eigenvalue weighted by Crippen LogP contribution is 2.00. The van der Waals surface area contributed by atoms with Crippen LogP contribution in [-0.2, 0) is 9.53 Å². The number of hydrogen-bond donors (Lipinski definition) is 4. The van der Waals surface area contributed by atoms with Gasteiger partial charge in [-0.2, -0.15) is 0 Å². The molecule has 2 amide bonds. The molecule has 0 fully saturated rings. The molecule has 0 spiro atoms. The Morgan fingerprint density at radius 1 is 1.22 bits per heavy atom. The van der Waals surface area contributed by atoms with E-state index in [-0.39, 0.29) is 6.54 Å². The molecule has 0 saturated carbocycles. The van der Waals surface area contributed by atoms with E-state index in [1.165, 1.54) is 0 Å². The van der Waals surface area contributed by atoms with Crippen LogP contribution in [-0.4, -0.2) is 54.6 Å². The van der Waals surface area contributed by atoms with E-state index in [1.807, 2.05) is 0 Å². The van der Waals surface area contributed by atoms with Gasteiger partial charge in [0, 0.05) is 20.3 Å². The van der Waals surface area contributed by atoms with Gasteiger partial charge < -0.3 is 25.6 Å². The standard InChI is InChI=1S/C11H22N2O5/c1-11(17,9(14)15)8-13-10(16)12-6-4-3-5-7-18-2/h17H,3-8H2,1-2H3,(H,14,15)(H2,12,13,16). The lowest BCUT2D eigenvalue weighted by atomic mass is 10.1. The number of carboxylic acid groups (broad SMARTS) is 1. The lowest BCUT2D eigenvalue weighted by molar-refractivity contribution is -0.155. The molecular formula is C11H22N2O5. The Labute approximate surface area is 107 Å². The fourth-order valence-electron chi connectivity index (χ4n) is 1.14. The summed E-state index contributed by atoms with van der Waals surface area (Å²) in [7, 11) is 1.64. The molecule has 0 aromatic heterocycles. The number of unbranched alkanes of at least 4 members (excludes halogenated alkanes) is 2. The number of aliphatic carboxylic acids is 1. The fourth-order valence-corrected chi connectivity index (χ4v) is 1.14. The molecule has 0 bridgehead atoms. The van der Waals surface area contributed by atoms with Gasteiger partial charge in [0.2, 0.25) is 0 Å². The number of hydrogen-bond acceptors (Lipinski definition) is 4. The Morgan fingerprint density at radius 2 is 1.89 bits per heavy atom. The van der Waals surface area contributed by atoms with Gasteiger partial charge in [0.05, 0.1) is 6.54 Å². The molecule has 0 heterocycles. The zero-order valence-corrected chi connectivity index (χ0v) is 10.9. The fraction of sp³-hybridized carbons (Fsp3) is 0.818. The lowest BCUT2D eigenvalue weighted by Gasteiger charge is -2.18. The van der Waals surface area contributed by atoms with Crippen molar-refractivity contribution >= 4 is 12.0 Å². The van der Waals surface area contributed by atoms with E-state index in [0.29, 0.717) is 13.2 Å². The highest BCUT2D eigenvalue weighted by atomic mass is 16.5. The molecule has 1 atom stereocenters. The average molecular weight is 262 g/mol. The van der Waals surface area contributed by atoms with Crippen LogP contribution in [0.2, 0.25) is 0 Å². The van der Waals surface area contributed by atoms with E-state index in [1.54, 1.807) is 7.11 Å². The molecule has 7 nitrogen and oxygen atoms in total. The Bertz CT molecular complexity index is 268. The molecule has 4 N–H and O–H groups in total. The Morgan fingerprint density at radius 3 is 2.44 bits per heavy atom. The Kier molecular flexibility index (Phi) is 8.06. The summed E-state index contributed by atoms with van der Waals surface area (Å²) in [4.78, 5) is 21.8. The van der Waals surface area contributed by atoms with Crippen LogP contribution >= 0.6 is 0 Å². The molecule has 0 saturated heterocycles. The van der Waals surface area contributed by atoms with Crippen LogP contribution in [0.4, 0.5) is 4.79 Å². The summed E-state index contributed by atoms with van der Waals surface area (Å²) in [6.07, 6.45) is 2.71. The number of carbonyl (C=O) groups excluding carboxylic acids is 1. The summed E-state index contributed by atoms with van der Waals surface area (Å²) >= 11 is 0. The zero-order chi connectivity index (χ0) is 14.0. The highest BCUT2D eigenvalue weighted by Gasteiger charge is 2.30. The monoisotopic (exact) mass is 262 g/mol. The molecule has 0 radical (unpaired) electrons. The van der Waals surface area contributed by atoms with Crippen LogP contribution in [0.5, 0.6) is 0 Å². The quantitative estimate of drug-likeness (QED) is 0.435. The zero-order valence-electron chi connectivity index (χ0n) is 10.9.